The molecule has 0 aliphatic rings. The molecule has 0 atom stereocenters. The molecule has 2 N–H and O–H groups in total. The number of thiazole rings is 1. The average Bonchev–Trinajstić information content (AvgIpc) is 2.96. The van der Waals surface area contributed by atoms with Gasteiger partial charge in [0.05, 0.1) is 10.7 Å². The first-order valence-corrected chi connectivity index (χ1v) is 8.99. The van der Waals surface area contributed by atoms with Crippen LogP contribution in [0.4, 0.5) is 0 Å². The zero-order valence-corrected chi connectivity index (χ0v) is 17.9. The highest BCUT2D eigenvalue weighted by molar-refractivity contribution is 14.0. The van der Waals surface area contributed by atoms with Crippen LogP contribution in [0.25, 0.3) is 0 Å². The highest BCUT2D eigenvalue weighted by Gasteiger charge is 2.01. The molecule has 0 saturated heterocycles. The van der Waals surface area contributed by atoms with Gasteiger partial charge in [-0.1, -0.05) is 20.8 Å². The van der Waals surface area contributed by atoms with E-state index >= 15 is 0 Å². The molecule has 0 aliphatic heterocycles. The van der Waals surface area contributed by atoms with Gasteiger partial charge in [0, 0.05) is 45.2 Å². The monoisotopic (exact) mass is 454 g/mol. The Morgan fingerprint density at radius 3 is 2.70 bits per heavy atom. The molecule has 0 amide bonds. The van der Waals surface area contributed by atoms with E-state index in [-0.39, 0.29) is 24.0 Å². The smallest absolute Gasteiger partial charge is 0.190 e. The Morgan fingerprint density at radius 2 is 2.09 bits per heavy atom. The summed E-state index contributed by atoms with van der Waals surface area (Å²) in [6.45, 7) is 9.80. The minimum atomic E-state index is 0. The number of halogens is 1. The van der Waals surface area contributed by atoms with Crippen LogP contribution in [0.1, 0.15) is 37.9 Å². The number of aryl methyl sites for hydroxylation is 1. The van der Waals surface area contributed by atoms with Gasteiger partial charge in [0.25, 0.3) is 0 Å². The molecule has 0 unspecified atom stereocenters. The second kappa shape index (κ2) is 14.0. The van der Waals surface area contributed by atoms with E-state index in [0.717, 1.165) is 57.2 Å². The van der Waals surface area contributed by atoms with Crippen LogP contribution in [0, 0.1) is 5.92 Å². The summed E-state index contributed by atoms with van der Waals surface area (Å²) in [5, 5.41) is 9.97. The van der Waals surface area contributed by atoms with Crippen LogP contribution in [0.3, 0.4) is 0 Å². The molecule has 0 bridgehead atoms. The normalized spacial score (nSPS) is 11.4. The molecular formula is C16H31IN4OS. The third kappa shape index (κ3) is 10.9. The van der Waals surface area contributed by atoms with Crippen molar-refractivity contribution in [3.05, 3.63) is 16.1 Å². The van der Waals surface area contributed by atoms with E-state index in [1.165, 1.54) is 5.01 Å². The van der Waals surface area contributed by atoms with Crippen molar-refractivity contribution in [2.45, 2.75) is 40.0 Å². The van der Waals surface area contributed by atoms with Gasteiger partial charge in [-0.05, 0) is 18.8 Å². The maximum absolute atomic E-state index is 5.56. The van der Waals surface area contributed by atoms with Gasteiger partial charge in [-0.3, -0.25) is 4.99 Å². The summed E-state index contributed by atoms with van der Waals surface area (Å²) in [6.07, 6.45) is 2.92. The molecule has 0 spiro atoms. The van der Waals surface area contributed by atoms with Crippen LogP contribution in [0.2, 0.25) is 0 Å². The lowest BCUT2D eigenvalue weighted by Gasteiger charge is -2.12. The van der Waals surface area contributed by atoms with E-state index in [1.807, 2.05) is 0 Å². The number of aliphatic imine (C=N–C) groups is 1. The average molecular weight is 454 g/mol. The lowest BCUT2D eigenvalue weighted by Crippen LogP contribution is -2.39. The number of hydrogen-bond donors (Lipinski definition) is 2. The minimum Gasteiger partial charge on any atom is -0.381 e. The topological polar surface area (TPSA) is 58.5 Å². The lowest BCUT2D eigenvalue weighted by molar-refractivity contribution is 0.108. The summed E-state index contributed by atoms with van der Waals surface area (Å²) in [6, 6.07) is 0. The molecule has 23 heavy (non-hydrogen) atoms. The lowest BCUT2D eigenvalue weighted by atomic mass is 10.2. The number of aromatic nitrogens is 1. The molecule has 134 valence electrons. The van der Waals surface area contributed by atoms with Crippen LogP contribution in [-0.2, 0) is 17.6 Å². The molecule has 0 saturated carbocycles. The van der Waals surface area contributed by atoms with Gasteiger partial charge in [-0.25, -0.2) is 4.98 Å². The molecule has 5 nitrogen and oxygen atoms in total. The van der Waals surface area contributed by atoms with Gasteiger partial charge in [-0.15, -0.1) is 35.3 Å². The van der Waals surface area contributed by atoms with E-state index in [2.05, 4.69) is 46.8 Å². The van der Waals surface area contributed by atoms with Crippen LogP contribution < -0.4 is 10.6 Å². The van der Waals surface area contributed by atoms with E-state index in [9.17, 15) is 0 Å². The first-order chi connectivity index (χ1) is 10.7. The highest BCUT2D eigenvalue weighted by Crippen LogP contribution is 2.10. The molecule has 7 heteroatoms. The summed E-state index contributed by atoms with van der Waals surface area (Å²) in [5.74, 6) is 1.44. The van der Waals surface area contributed by atoms with E-state index in [0.29, 0.717) is 5.92 Å². The first-order valence-electron chi connectivity index (χ1n) is 8.11. The number of ether oxygens (including phenoxy) is 1. The van der Waals surface area contributed by atoms with Crippen molar-refractivity contribution in [3.63, 3.8) is 0 Å². The minimum absolute atomic E-state index is 0. The number of rotatable bonds is 10. The van der Waals surface area contributed by atoms with Crippen LogP contribution in [0.15, 0.2) is 10.4 Å². The standard InChI is InChI=1S/C16H30N4OS.HI/c1-5-15-20-14(12-22-15)7-9-19-16(17-4)18-8-6-10-21-11-13(2)3;/h12-13H,5-11H2,1-4H3,(H2,17,18,19);1H. The molecule has 0 aliphatic carbocycles. The SMILES string of the molecule is CCc1nc(CCNC(=NC)NCCCOCC(C)C)cs1.I. The first kappa shape index (κ1) is 22.6. The Balaban J connectivity index is 0.00000484. The Labute approximate surface area is 161 Å². The van der Waals surface area contributed by atoms with Crippen LogP contribution >= 0.6 is 35.3 Å². The Hall–Kier alpha value is -0.410. The van der Waals surface area contributed by atoms with Crippen molar-refractivity contribution in [2.24, 2.45) is 10.9 Å². The van der Waals surface area contributed by atoms with Crippen molar-refractivity contribution in [1.82, 2.24) is 15.6 Å². The zero-order chi connectivity index (χ0) is 16.2. The molecule has 1 heterocycles. The fourth-order valence-electron chi connectivity index (χ4n) is 1.86. The van der Waals surface area contributed by atoms with Gasteiger partial charge in [0.15, 0.2) is 5.96 Å². The fourth-order valence-corrected chi connectivity index (χ4v) is 2.64. The van der Waals surface area contributed by atoms with E-state index in [1.54, 1.807) is 18.4 Å². The van der Waals surface area contributed by atoms with Crippen LogP contribution in [-0.4, -0.2) is 44.3 Å². The summed E-state index contributed by atoms with van der Waals surface area (Å²) < 4.78 is 5.56. The van der Waals surface area contributed by atoms with Gasteiger partial charge < -0.3 is 15.4 Å². The molecule has 1 rings (SSSR count). The van der Waals surface area contributed by atoms with E-state index in [4.69, 9.17) is 4.74 Å². The Morgan fingerprint density at radius 1 is 1.35 bits per heavy atom. The van der Waals surface area contributed by atoms with Gasteiger partial charge in [-0.2, -0.15) is 0 Å². The predicted molar refractivity (Wildman–Crippen MR) is 110 cm³/mol. The van der Waals surface area contributed by atoms with Crippen molar-refractivity contribution in [2.75, 3.05) is 33.4 Å². The number of nitrogens with one attached hydrogen (secondary N) is 2. The third-order valence-electron chi connectivity index (χ3n) is 3.01. The maximum atomic E-state index is 5.56. The second-order valence-corrected chi connectivity index (χ2v) is 6.53. The van der Waals surface area contributed by atoms with Gasteiger partial charge in [0.2, 0.25) is 0 Å². The quantitative estimate of drug-likeness (QED) is 0.247. The Bertz CT molecular complexity index is 437. The van der Waals surface area contributed by atoms with Crippen LogP contribution in [0.5, 0.6) is 0 Å². The summed E-state index contributed by atoms with van der Waals surface area (Å²) >= 11 is 1.74. The molecule has 0 radical (unpaired) electrons. The van der Waals surface area contributed by atoms with E-state index < -0.39 is 0 Å². The largest absolute Gasteiger partial charge is 0.381 e. The van der Waals surface area contributed by atoms with Crippen molar-refractivity contribution < 1.29 is 4.74 Å². The fraction of sp³-hybridized carbons (Fsp3) is 0.750. The molecule has 0 fully saturated rings. The number of hydrogen-bond acceptors (Lipinski definition) is 4. The number of nitrogens with zero attached hydrogens (tertiary/aromatic N) is 2. The highest BCUT2D eigenvalue weighted by atomic mass is 127. The summed E-state index contributed by atoms with van der Waals surface area (Å²) in [4.78, 5) is 8.79. The summed E-state index contributed by atoms with van der Waals surface area (Å²) in [7, 11) is 1.79. The van der Waals surface area contributed by atoms with Gasteiger partial charge >= 0.3 is 0 Å². The third-order valence-corrected chi connectivity index (χ3v) is 4.05. The molecule has 1 aromatic rings. The number of guanidine groups is 1. The van der Waals surface area contributed by atoms with Gasteiger partial charge in [0.1, 0.15) is 0 Å². The van der Waals surface area contributed by atoms with Crippen molar-refractivity contribution in [1.29, 1.82) is 0 Å². The summed E-state index contributed by atoms with van der Waals surface area (Å²) in [5.41, 5.74) is 1.16. The maximum Gasteiger partial charge on any atom is 0.190 e. The van der Waals surface area contributed by atoms with Crippen molar-refractivity contribution >= 4 is 41.3 Å². The second-order valence-electron chi connectivity index (χ2n) is 5.58. The Kier molecular flexibility index (Phi) is 13.7. The molecule has 0 aromatic carbocycles. The molecule has 1 aromatic heterocycles. The van der Waals surface area contributed by atoms with Crippen molar-refractivity contribution in [3.8, 4) is 0 Å². The zero-order valence-electron chi connectivity index (χ0n) is 14.7. The predicted octanol–water partition coefficient (Wildman–Crippen LogP) is 3.09. The molecular weight excluding hydrogens is 423 g/mol.